The van der Waals surface area contributed by atoms with E-state index >= 15 is 0 Å². The molecule has 0 heterocycles. The number of halogens is 1. The molecule has 1 atom stereocenters. The van der Waals surface area contributed by atoms with Crippen molar-refractivity contribution in [2.45, 2.75) is 51.1 Å². The SMILES string of the molecule is CC(C)CC(NC1CC(c2ccccc2Br)C1)C(=O)O. The molecule has 1 aromatic carbocycles. The van der Waals surface area contributed by atoms with Crippen molar-refractivity contribution in [3.63, 3.8) is 0 Å². The molecule has 0 aliphatic heterocycles. The van der Waals surface area contributed by atoms with Crippen molar-refractivity contribution < 1.29 is 9.90 Å². The van der Waals surface area contributed by atoms with E-state index in [0.29, 0.717) is 24.3 Å². The number of hydrogen-bond donors (Lipinski definition) is 2. The Labute approximate surface area is 128 Å². The van der Waals surface area contributed by atoms with Gasteiger partial charge in [-0.2, -0.15) is 0 Å². The van der Waals surface area contributed by atoms with E-state index in [1.165, 1.54) is 5.56 Å². The molecule has 0 saturated heterocycles. The zero-order chi connectivity index (χ0) is 14.7. The fourth-order valence-corrected chi connectivity index (χ4v) is 3.42. The number of aliphatic carboxylic acids is 1. The van der Waals surface area contributed by atoms with Gasteiger partial charge in [0.25, 0.3) is 0 Å². The van der Waals surface area contributed by atoms with E-state index < -0.39 is 12.0 Å². The van der Waals surface area contributed by atoms with E-state index in [0.717, 1.165) is 17.3 Å². The molecular formula is C16H22BrNO2. The number of carboxylic acids is 1. The minimum absolute atomic E-state index is 0.326. The Kier molecular flexibility index (Phi) is 5.22. The third kappa shape index (κ3) is 3.83. The Morgan fingerprint density at radius 2 is 2.05 bits per heavy atom. The van der Waals surface area contributed by atoms with Crippen LogP contribution in [0.1, 0.15) is 44.6 Å². The van der Waals surface area contributed by atoms with Crippen LogP contribution in [-0.4, -0.2) is 23.2 Å². The van der Waals surface area contributed by atoms with Gasteiger partial charge in [0.05, 0.1) is 0 Å². The summed E-state index contributed by atoms with van der Waals surface area (Å²) in [6, 6.07) is 8.19. The lowest BCUT2D eigenvalue weighted by Gasteiger charge is -2.38. The molecule has 20 heavy (non-hydrogen) atoms. The maximum atomic E-state index is 11.2. The van der Waals surface area contributed by atoms with Gasteiger partial charge in [0.1, 0.15) is 6.04 Å². The van der Waals surface area contributed by atoms with Gasteiger partial charge in [0, 0.05) is 10.5 Å². The highest BCUT2D eigenvalue weighted by Crippen LogP contribution is 2.40. The smallest absolute Gasteiger partial charge is 0.320 e. The second-order valence-corrected chi connectivity index (χ2v) is 6.93. The van der Waals surface area contributed by atoms with Gasteiger partial charge in [-0.05, 0) is 42.7 Å². The Bertz CT molecular complexity index is 469. The molecule has 110 valence electrons. The highest BCUT2D eigenvalue weighted by Gasteiger charge is 2.34. The van der Waals surface area contributed by atoms with Crippen LogP contribution in [0.5, 0.6) is 0 Å². The highest BCUT2D eigenvalue weighted by atomic mass is 79.9. The number of carbonyl (C=O) groups is 1. The average Bonchev–Trinajstić information content (AvgIpc) is 2.32. The lowest BCUT2D eigenvalue weighted by Crippen LogP contribution is -2.49. The van der Waals surface area contributed by atoms with Crippen LogP contribution in [0.15, 0.2) is 28.7 Å². The third-order valence-corrected chi connectivity index (χ3v) is 4.65. The first kappa shape index (κ1) is 15.5. The molecule has 4 heteroatoms. The molecule has 2 rings (SSSR count). The maximum Gasteiger partial charge on any atom is 0.320 e. The van der Waals surface area contributed by atoms with E-state index in [4.69, 9.17) is 0 Å². The molecule has 3 nitrogen and oxygen atoms in total. The van der Waals surface area contributed by atoms with E-state index in [1.807, 2.05) is 6.07 Å². The third-order valence-electron chi connectivity index (χ3n) is 3.93. The summed E-state index contributed by atoms with van der Waals surface area (Å²) in [4.78, 5) is 11.2. The minimum atomic E-state index is -0.733. The summed E-state index contributed by atoms with van der Waals surface area (Å²) >= 11 is 3.58. The van der Waals surface area contributed by atoms with E-state index in [2.05, 4.69) is 53.3 Å². The molecule has 1 fully saturated rings. The van der Waals surface area contributed by atoms with Gasteiger partial charge in [-0.25, -0.2) is 0 Å². The predicted octanol–water partition coefficient (Wildman–Crippen LogP) is 3.78. The van der Waals surface area contributed by atoms with Crippen molar-refractivity contribution in [3.8, 4) is 0 Å². The van der Waals surface area contributed by atoms with Crippen LogP contribution in [0.4, 0.5) is 0 Å². The van der Waals surface area contributed by atoms with Gasteiger partial charge >= 0.3 is 5.97 Å². The van der Waals surface area contributed by atoms with Crippen LogP contribution in [0.25, 0.3) is 0 Å². The van der Waals surface area contributed by atoms with E-state index in [1.54, 1.807) is 0 Å². The number of hydrogen-bond acceptors (Lipinski definition) is 2. The fraction of sp³-hybridized carbons (Fsp3) is 0.562. The lowest BCUT2D eigenvalue weighted by atomic mass is 9.75. The Hall–Kier alpha value is -0.870. The van der Waals surface area contributed by atoms with Crippen molar-refractivity contribution in [2.75, 3.05) is 0 Å². The molecule has 1 saturated carbocycles. The van der Waals surface area contributed by atoms with Gasteiger partial charge in [-0.1, -0.05) is 48.0 Å². The van der Waals surface area contributed by atoms with E-state index in [9.17, 15) is 9.90 Å². The molecular weight excluding hydrogens is 318 g/mol. The summed E-state index contributed by atoms with van der Waals surface area (Å²) in [6.45, 7) is 4.12. The number of carboxylic acid groups (broad SMARTS) is 1. The summed E-state index contributed by atoms with van der Waals surface area (Å²) in [5.74, 6) is 0.197. The molecule has 1 aromatic rings. The van der Waals surface area contributed by atoms with Gasteiger partial charge in [-0.15, -0.1) is 0 Å². The maximum absolute atomic E-state index is 11.2. The van der Waals surface area contributed by atoms with Crippen LogP contribution in [-0.2, 0) is 4.79 Å². The molecule has 0 aromatic heterocycles. The zero-order valence-corrected chi connectivity index (χ0v) is 13.6. The van der Waals surface area contributed by atoms with Gasteiger partial charge in [-0.3, -0.25) is 4.79 Å². The highest BCUT2D eigenvalue weighted by molar-refractivity contribution is 9.10. The van der Waals surface area contributed by atoms with Crippen molar-refractivity contribution in [1.82, 2.24) is 5.32 Å². The van der Waals surface area contributed by atoms with Crippen LogP contribution in [0.3, 0.4) is 0 Å². The van der Waals surface area contributed by atoms with Crippen LogP contribution < -0.4 is 5.32 Å². The molecule has 0 amide bonds. The first-order valence-corrected chi connectivity index (χ1v) is 8.00. The summed E-state index contributed by atoms with van der Waals surface area (Å²) in [5.41, 5.74) is 1.33. The fourth-order valence-electron chi connectivity index (χ4n) is 2.81. The monoisotopic (exact) mass is 339 g/mol. The van der Waals surface area contributed by atoms with Gasteiger partial charge < -0.3 is 10.4 Å². The van der Waals surface area contributed by atoms with Gasteiger partial charge in [0.15, 0.2) is 0 Å². The number of rotatable bonds is 6. The molecule has 0 spiro atoms. The predicted molar refractivity (Wildman–Crippen MR) is 83.9 cm³/mol. The Morgan fingerprint density at radius 1 is 1.40 bits per heavy atom. The Balaban J connectivity index is 1.87. The van der Waals surface area contributed by atoms with Crippen molar-refractivity contribution in [3.05, 3.63) is 34.3 Å². The van der Waals surface area contributed by atoms with Crippen LogP contribution >= 0.6 is 15.9 Å². The first-order chi connectivity index (χ1) is 9.47. The summed E-state index contributed by atoms with van der Waals surface area (Å²) < 4.78 is 1.15. The van der Waals surface area contributed by atoms with Crippen LogP contribution in [0, 0.1) is 5.92 Å². The van der Waals surface area contributed by atoms with Crippen molar-refractivity contribution >= 4 is 21.9 Å². The molecule has 0 bridgehead atoms. The second-order valence-electron chi connectivity index (χ2n) is 6.07. The standard InChI is InChI=1S/C16H22BrNO2/c1-10(2)7-15(16(19)20)18-12-8-11(9-12)13-5-3-4-6-14(13)17/h3-6,10-12,15,18H,7-9H2,1-2H3,(H,19,20). The van der Waals surface area contributed by atoms with E-state index in [-0.39, 0.29) is 0 Å². The number of nitrogens with one attached hydrogen (secondary N) is 1. The van der Waals surface area contributed by atoms with Crippen LogP contribution in [0.2, 0.25) is 0 Å². The Morgan fingerprint density at radius 3 is 2.60 bits per heavy atom. The summed E-state index contributed by atoms with van der Waals surface area (Å²) in [7, 11) is 0. The molecule has 1 unspecified atom stereocenters. The van der Waals surface area contributed by atoms with Crippen molar-refractivity contribution in [2.24, 2.45) is 5.92 Å². The van der Waals surface area contributed by atoms with Crippen molar-refractivity contribution in [1.29, 1.82) is 0 Å². The number of benzene rings is 1. The molecule has 1 aliphatic rings. The summed E-state index contributed by atoms with van der Waals surface area (Å²) in [6.07, 6.45) is 2.72. The first-order valence-electron chi connectivity index (χ1n) is 7.20. The molecule has 2 N–H and O–H groups in total. The lowest BCUT2D eigenvalue weighted by molar-refractivity contribution is -0.140. The summed E-state index contributed by atoms with van der Waals surface area (Å²) in [5, 5.41) is 12.5. The largest absolute Gasteiger partial charge is 0.480 e. The quantitative estimate of drug-likeness (QED) is 0.828. The zero-order valence-electron chi connectivity index (χ0n) is 12.0. The molecule has 0 radical (unpaired) electrons. The molecule has 1 aliphatic carbocycles. The normalized spacial score (nSPS) is 23.4. The topological polar surface area (TPSA) is 49.3 Å². The second kappa shape index (κ2) is 6.72. The average molecular weight is 340 g/mol. The van der Waals surface area contributed by atoms with Gasteiger partial charge in [0.2, 0.25) is 0 Å². The minimum Gasteiger partial charge on any atom is -0.480 e.